The molecule has 0 bridgehead atoms. The van der Waals surface area contributed by atoms with Crippen molar-refractivity contribution in [3.8, 4) is 6.07 Å². The Labute approximate surface area is 114 Å². The van der Waals surface area contributed by atoms with Crippen molar-refractivity contribution in [2.75, 3.05) is 7.11 Å². The summed E-state index contributed by atoms with van der Waals surface area (Å²) >= 11 is 0. The van der Waals surface area contributed by atoms with E-state index in [1.54, 1.807) is 0 Å². The van der Waals surface area contributed by atoms with Gasteiger partial charge in [-0.1, -0.05) is 6.92 Å². The highest BCUT2D eigenvalue weighted by Gasteiger charge is 2.41. The fourth-order valence-electron chi connectivity index (χ4n) is 2.14. The van der Waals surface area contributed by atoms with Crippen molar-refractivity contribution in [2.24, 2.45) is 5.92 Å². The number of ether oxygens (including phenoxy) is 1. The van der Waals surface area contributed by atoms with Crippen molar-refractivity contribution >= 4 is 16.0 Å². The Kier molecular flexibility index (Phi) is 4.93. The second kappa shape index (κ2) is 5.88. The number of rotatable bonds is 4. The van der Waals surface area contributed by atoms with Crippen LogP contribution >= 0.6 is 0 Å². The number of nitrogens with zero attached hydrogens (tertiary/aromatic N) is 1. The molecule has 1 aliphatic carbocycles. The normalized spacial score (nSPS) is 29.3. The summed E-state index contributed by atoms with van der Waals surface area (Å²) in [7, 11) is -2.77. The summed E-state index contributed by atoms with van der Waals surface area (Å²) in [5.41, 5.74) is -1.09. The minimum absolute atomic E-state index is 0.470. The molecule has 108 valence electrons. The highest BCUT2D eigenvalue weighted by Crippen LogP contribution is 2.32. The number of methoxy groups -OCH3 is 1. The van der Waals surface area contributed by atoms with Crippen LogP contribution in [0.2, 0.25) is 0 Å². The summed E-state index contributed by atoms with van der Waals surface area (Å²) in [6.07, 6.45) is 2.53. The molecule has 0 amide bonds. The van der Waals surface area contributed by atoms with E-state index in [9.17, 15) is 18.5 Å². The first-order valence-corrected chi connectivity index (χ1v) is 7.83. The van der Waals surface area contributed by atoms with Crippen molar-refractivity contribution in [3.05, 3.63) is 0 Å². The first-order valence-electron chi connectivity index (χ1n) is 6.28. The van der Waals surface area contributed by atoms with E-state index in [1.807, 2.05) is 0 Å². The molecule has 0 heterocycles. The molecule has 0 aromatic rings. The van der Waals surface area contributed by atoms with Gasteiger partial charge >= 0.3 is 5.97 Å². The number of hydrogen-bond donors (Lipinski definition) is 1. The lowest BCUT2D eigenvalue weighted by atomic mass is 9.79. The van der Waals surface area contributed by atoms with Crippen LogP contribution in [0.25, 0.3) is 0 Å². The number of carbonyl (C=O) groups excluding carboxylic acids is 1. The van der Waals surface area contributed by atoms with Crippen LogP contribution in [-0.4, -0.2) is 32.3 Å². The molecule has 1 aliphatic rings. The van der Waals surface area contributed by atoms with Gasteiger partial charge in [-0.25, -0.2) is 8.42 Å². The fourth-order valence-corrected chi connectivity index (χ4v) is 3.47. The van der Waals surface area contributed by atoms with E-state index >= 15 is 0 Å². The molecule has 0 spiro atoms. The highest BCUT2D eigenvalue weighted by atomic mass is 32.2. The standard InChI is InChI=1S/C12H20N2O4S/c1-9-4-6-12(8-13,7-5-9)14-19(16,17)10(2)11(15)18-3/h9-10,14H,4-7H2,1-3H3. The molecule has 0 aliphatic heterocycles. The number of sulfonamides is 1. The van der Waals surface area contributed by atoms with Crippen LogP contribution < -0.4 is 4.72 Å². The number of nitrogens with one attached hydrogen (secondary N) is 1. The van der Waals surface area contributed by atoms with Gasteiger partial charge in [0.25, 0.3) is 0 Å². The van der Waals surface area contributed by atoms with E-state index in [0.717, 1.165) is 20.0 Å². The number of hydrogen-bond acceptors (Lipinski definition) is 5. The van der Waals surface area contributed by atoms with Crippen molar-refractivity contribution < 1.29 is 17.9 Å². The molecule has 0 aromatic heterocycles. The van der Waals surface area contributed by atoms with E-state index in [-0.39, 0.29) is 0 Å². The monoisotopic (exact) mass is 288 g/mol. The smallest absolute Gasteiger partial charge is 0.325 e. The van der Waals surface area contributed by atoms with Gasteiger partial charge in [-0.15, -0.1) is 0 Å². The van der Waals surface area contributed by atoms with Crippen LogP contribution in [-0.2, 0) is 19.6 Å². The molecule has 0 radical (unpaired) electrons. The lowest BCUT2D eigenvalue weighted by Gasteiger charge is -2.34. The Bertz CT molecular complexity index is 472. The topological polar surface area (TPSA) is 96.3 Å². The summed E-state index contributed by atoms with van der Waals surface area (Å²) in [6.45, 7) is 3.33. The minimum Gasteiger partial charge on any atom is -0.468 e. The zero-order chi connectivity index (χ0) is 14.7. The van der Waals surface area contributed by atoms with Crippen LogP contribution in [0.3, 0.4) is 0 Å². The Morgan fingerprint density at radius 2 is 2.00 bits per heavy atom. The van der Waals surface area contributed by atoms with Crippen molar-refractivity contribution in [2.45, 2.75) is 50.3 Å². The molecule has 0 saturated heterocycles. The van der Waals surface area contributed by atoms with Gasteiger partial charge in [0.2, 0.25) is 10.0 Å². The molecule has 1 unspecified atom stereocenters. The second-order valence-electron chi connectivity index (χ2n) is 5.19. The van der Waals surface area contributed by atoms with Crippen LogP contribution in [0.15, 0.2) is 0 Å². The van der Waals surface area contributed by atoms with Crippen molar-refractivity contribution in [3.63, 3.8) is 0 Å². The zero-order valence-corrected chi connectivity index (χ0v) is 12.3. The van der Waals surface area contributed by atoms with Crippen molar-refractivity contribution in [1.82, 2.24) is 4.72 Å². The quantitative estimate of drug-likeness (QED) is 0.777. The minimum atomic E-state index is -3.91. The lowest BCUT2D eigenvalue weighted by molar-refractivity contribution is -0.139. The second-order valence-corrected chi connectivity index (χ2v) is 7.19. The predicted octanol–water partition coefficient (Wildman–Crippen LogP) is 0.940. The highest BCUT2D eigenvalue weighted by molar-refractivity contribution is 7.90. The van der Waals surface area contributed by atoms with Crippen molar-refractivity contribution in [1.29, 1.82) is 5.26 Å². The maximum atomic E-state index is 12.1. The van der Waals surface area contributed by atoms with Crippen LogP contribution in [0.4, 0.5) is 0 Å². The average molecular weight is 288 g/mol. The van der Waals surface area contributed by atoms with Crippen LogP contribution in [0.1, 0.15) is 39.5 Å². The van der Waals surface area contributed by atoms with E-state index in [2.05, 4.69) is 22.5 Å². The number of esters is 1. The molecule has 6 nitrogen and oxygen atoms in total. The molecule has 0 aromatic carbocycles. The predicted molar refractivity (Wildman–Crippen MR) is 69.5 cm³/mol. The van der Waals surface area contributed by atoms with E-state index in [0.29, 0.717) is 18.8 Å². The lowest BCUT2D eigenvalue weighted by Crippen LogP contribution is -2.53. The summed E-state index contributed by atoms with van der Waals surface area (Å²) in [4.78, 5) is 11.3. The van der Waals surface area contributed by atoms with Gasteiger partial charge in [0, 0.05) is 0 Å². The maximum Gasteiger partial charge on any atom is 0.325 e. The number of carbonyl (C=O) groups is 1. The largest absolute Gasteiger partial charge is 0.468 e. The molecule has 19 heavy (non-hydrogen) atoms. The maximum absolute atomic E-state index is 12.1. The molecule has 1 rings (SSSR count). The molecular formula is C12H20N2O4S. The molecule has 7 heteroatoms. The van der Waals surface area contributed by atoms with Gasteiger partial charge in [0.1, 0.15) is 5.54 Å². The van der Waals surface area contributed by atoms with E-state index in [4.69, 9.17) is 0 Å². The van der Waals surface area contributed by atoms with Gasteiger partial charge in [0.05, 0.1) is 13.2 Å². The Hall–Kier alpha value is -1.13. The van der Waals surface area contributed by atoms with E-state index < -0.39 is 26.8 Å². The van der Waals surface area contributed by atoms with Gasteiger partial charge < -0.3 is 4.74 Å². The first kappa shape index (κ1) is 15.9. The summed E-state index contributed by atoms with van der Waals surface area (Å²) in [6, 6.07) is 2.06. The Morgan fingerprint density at radius 1 is 1.47 bits per heavy atom. The molecule has 1 atom stereocenters. The average Bonchev–Trinajstić information content (AvgIpc) is 2.39. The third-order valence-electron chi connectivity index (χ3n) is 3.68. The van der Waals surface area contributed by atoms with Crippen LogP contribution in [0.5, 0.6) is 0 Å². The molecule has 1 saturated carbocycles. The molecular weight excluding hydrogens is 268 g/mol. The number of nitriles is 1. The fraction of sp³-hybridized carbons (Fsp3) is 0.833. The molecule has 1 N–H and O–H groups in total. The van der Waals surface area contributed by atoms with Gasteiger partial charge in [0.15, 0.2) is 5.25 Å². The van der Waals surface area contributed by atoms with Gasteiger partial charge in [-0.05, 0) is 38.5 Å². The third kappa shape index (κ3) is 3.67. The van der Waals surface area contributed by atoms with Crippen LogP contribution in [0, 0.1) is 17.2 Å². The van der Waals surface area contributed by atoms with E-state index in [1.165, 1.54) is 6.92 Å². The summed E-state index contributed by atoms with van der Waals surface area (Å²) in [5.74, 6) is -0.339. The third-order valence-corrected chi connectivity index (χ3v) is 5.48. The Balaban J connectivity index is 2.87. The zero-order valence-electron chi connectivity index (χ0n) is 11.5. The first-order chi connectivity index (χ1) is 8.76. The summed E-state index contributed by atoms with van der Waals surface area (Å²) < 4.78 is 31.0. The summed E-state index contributed by atoms with van der Waals surface area (Å²) in [5, 5.41) is 7.96. The molecule has 1 fully saturated rings. The van der Waals surface area contributed by atoms with Gasteiger partial charge in [-0.2, -0.15) is 9.98 Å². The van der Waals surface area contributed by atoms with Gasteiger partial charge in [-0.3, -0.25) is 4.79 Å². The SMILES string of the molecule is COC(=O)C(C)S(=O)(=O)NC1(C#N)CCC(C)CC1. The Morgan fingerprint density at radius 3 is 2.42 bits per heavy atom.